The van der Waals surface area contributed by atoms with Crippen LogP contribution in [0.1, 0.15) is 18.4 Å². The first-order valence-electron chi connectivity index (χ1n) is 6.76. The van der Waals surface area contributed by atoms with E-state index in [0.717, 1.165) is 17.4 Å². The van der Waals surface area contributed by atoms with Crippen LogP contribution in [-0.2, 0) is 16.1 Å². The SMILES string of the molecule is CN(Cc1cccc(Br)c1)CC1(C(=O)O)CCCOC1. The van der Waals surface area contributed by atoms with Gasteiger partial charge in [0.15, 0.2) is 0 Å². The van der Waals surface area contributed by atoms with Crippen molar-refractivity contribution in [2.45, 2.75) is 19.4 Å². The fourth-order valence-corrected chi connectivity index (χ4v) is 3.18. The van der Waals surface area contributed by atoms with Crippen molar-refractivity contribution in [2.75, 3.05) is 26.8 Å². The Morgan fingerprint density at radius 2 is 2.35 bits per heavy atom. The Balaban J connectivity index is 2.01. The maximum Gasteiger partial charge on any atom is 0.313 e. The highest BCUT2D eigenvalue weighted by atomic mass is 79.9. The van der Waals surface area contributed by atoms with Crippen LogP contribution in [0.15, 0.2) is 28.7 Å². The van der Waals surface area contributed by atoms with Gasteiger partial charge >= 0.3 is 5.97 Å². The van der Waals surface area contributed by atoms with Gasteiger partial charge in [0, 0.05) is 24.2 Å². The van der Waals surface area contributed by atoms with E-state index in [0.29, 0.717) is 26.2 Å². The third-order valence-electron chi connectivity index (χ3n) is 3.69. The Kier molecular flexibility index (Phi) is 5.18. The number of aliphatic carboxylic acids is 1. The number of ether oxygens (including phenoxy) is 1. The normalized spacial score (nSPS) is 22.9. The average molecular weight is 342 g/mol. The summed E-state index contributed by atoms with van der Waals surface area (Å²) in [6.45, 7) is 2.22. The van der Waals surface area contributed by atoms with E-state index in [9.17, 15) is 9.90 Å². The van der Waals surface area contributed by atoms with Crippen molar-refractivity contribution in [1.82, 2.24) is 4.90 Å². The summed E-state index contributed by atoms with van der Waals surface area (Å²) in [5.74, 6) is -0.752. The van der Waals surface area contributed by atoms with Crippen LogP contribution >= 0.6 is 15.9 Å². The summed E-state index contributed by atoms with van der Waals surface area (Å²) in [6.07, 6.45) is 1.50. The van der Waals surface area contributed by atoms with Crippen molar-refractivity contribution >= 4 is 21.9 Å². The van der Waals surface area contributed by atoms with E-state index < -0.39 is 11.4 Å². The van der Waals surface area contributed by atoms with Gasteiger partial charge in [0.1, 0.15) is 5.41 Å². The van der Waals surface area contributed by atoms with Crippen LogP contribution in [0.3, 0.4) is 0 Å². The topological polar surface area (TPSA) is 49.8 Å². The molecule has 20 heavy (non-hydrogen) atoms. The zero-order valence-corrected chi connectivity index (χ0v) is 13.2. The summed E-state index contributed by atoms with van der Waals surface area (Å²) >= 11 is 3.45. The minimum atomic E-state index is -0.765. The summed E-state index contributed by atoms with van der Waals surface area (Å²) in [4.78, 5) is 13.7. The lowest BCUT2D eigenvalue weighted by Gasteiger charge is -2.36. The molecule has 1 aromatic rings. The molecule has 0 radical (unpaired) electrons. The number of carboxylic acids is 1. The van der Waals surface area contributed by atoms with Crippen molar-refractivity contribution in [3.63, 3.8) is 0 Å². The van der Waals surface area contributed by atoms with Crippen molar-refractivity contribution in [3.05, 3.63) is 34.3 Å². The van der Waals surface area contributed by atoms with Crippen LogP contribution in [-0.4, -0.2) is 42.8 Å². The summed E-state index contributed by atoms with van der Waals surface area (Å²) in [5, 5.41) is 9.53. The van der Waals surface area contributed by atoms with E-state index in [-0.39, 0.29) is 0 Å². The third kappa shape index (κ3) is 3.81. The molecule has 1 heterocycles. The second-order valence-corrected chi connectivity index (χ2v) is 6.46. The number of benzene rings is 1. The fraction of sp³-hybridized carbons (Fsp3) is 0.533. The first-order valence-corrected chi connectivity index (χ1v) is 7.55. The van der Waals surface area contributed by atoms with Crippen molar-refractivity contribution < 1.29 is 14.6 Å². The highest BCUT2D eigenvalue weighted by Crippen LogP contribution is 2.30. The molecule has 1 aliphatic heterocycles. The summed E-state index contributed by atoms with van der Waals surface area (Å²) in [7, 11) is 1.96. The number of hydrogen-bond acceptors (Lipinski definition) is 3. The van der Waals surface area contributed by atoms with E-state index in [1.54, 1.807) is 0 Å². The lowest BCUT2D eigenvalue weighted by molar-refractivity contribution is -0.159. The van der Waals surface area contributed by atoms with Gasteiger partial charge in [-0.3, -0.25) is 4.79 Å². The van der Waals surface area contributed by atoms with Crippen molar-refractivity contribution in [1.29, 1.82) is 0 Å². The molecule has 0 amide bonds. The molecule has 0 spiro atoms. The summed E-state index contributed by atoms with van der Waals surface area (Å²) in [6, 6.07) is 8.08. The molecule has 2 rings (SSSR count). The molecule has 1 unspecified atom stereocenters. The molecule has 110 valence electrons. The first-order chi connectivity index (χ1) is 9.52. The van der Waals surface area contributed by atoms with Crippen molar-refractivity contribution in [3.8, 4) is 0 Å². The summed E-state index contributed by atoms with van der Waals surface area (Å²) in [5.41, 5.74) is 0.401. The summed E-state index contributed by atoms with van der Waals surface area (Å²) < 4.78 is 6.44. The highest BCUT2D eigenvalue weighted by molar-refractivity contribution is 9.10. The smallest absolute Gasteiger partial charge is 0.313 e. The Labute approximate surface area is 127 Å². The minimum absolute atomic E-state index is 0.311. The highest BCUT2D eigenvalue weighted by Gasteiger charge is 2.41. The van der Waals surface area contributed by atoms with Gasteiger partial charge in [-0.25, -0.2) is 0 Å². The number of rotatable bonds is 5. The van der Waals surface area contributed by atoms with Gasteiger partial charge in [0.2, 0.25) is 0 Å². The van der Waals surface area contributed by atoms with Gasteiger partial charge in [-0.05, 0) is 37.6 Å². The third-order valence-corrected chi connectivity index (χ3v) is 4.18. The number of nitrogens with zero attached hydrogens (tertiary/aromatic N) is 1. The largest absolute Gasteiger partial charge is 0.481 e. The molecule has 1 N–H and O–H groups in total. The van der Waals surface area contributed by atoms with Crippen LogP contribution in [0, 0.1) is 5.41 Å². The Bertz CT molecular complexity index is 472. The number of carbonyl (C=O) groups is 1. The fourth-order valence-electron chi connectivity index (χ4n) is 2.73. The first kappa shape index (κ1) is 15.5. The molecule has 0 aromatic heterocycles. The van der Waals surface area contributed by atoms with E-state index in [1.165, 1.54) is 5.56 Å². The standard InChI is InChI=1S/C15H20BrNO3/c1-17(9-12-4-2-5-13(16)8-12)10-15(14(18)19)6-3-7-20-11-15/h2,4-5,8H,3,6-7,9-11H2,1H3,(H,18,19). The maximum absolute atomic E-state index is 11.6. The van der Waals surface area contributed by atoms with Crippen LogP contribution < -0.4 is 0 Å². The lowest BCUT2D eigenvalue weighted by atomic mass is 9.82. The van der Waals surface area contributed by atoms with Gasteiger partial charge in [-0.1, -0.05) is 28.1 Å². The molecule has 5 heteroatoms. The number of halogens is 1. The van der Waals surface area contributed by atoms with Crippen LogP contribution in [0.5, 0.6) is 0 Å². The minimum Gasteiger partial charge on any atom is -0.481 e. The maximum atomic E-state index is 11.6. The molecule has 1 aliphatic rings. The van der Waals surface area contributed by atoms with Gasteiger partial charge in [0.25, 0.3) is 0 Å². The zero-order valence-electron chi connectivity index (χ0n) is 11.6. The Hall–Kier alpha value is -0.910. The number of carboxylic acid groups (broad SMARTS) is 1. The molecule has 1 saturated heterocycles. The Morgan fingerprint density at radius 1 is 1.55 bits per heavy atom. The van der Waals surface area contributed by atoms with E-state index in [1.807, 2.05) is 25.2 Å². The van der Waals surface area contributed by atoms with Crippen LogP contribution in [0.4, 0.5) is 0 Å². The van der Waals surface area contributed by atoms with Gasteiger partial charge in [0.05, 0.1) is 6.61 Å². The second-order valence-electron chi connectivity index (χ2n) is 5.54. The molecular weight excluding hydrogens is 322 g/mol. The molecule has 0 aliphatic carbocycles. The molecule has 0 bridgehead atoms. The van der Waals surface area contributed by atoms with Crippen LogP contribution in [0.25, 0.3) is 0 Å². The van der Waals surface area contributed by atoms with E-state index >= 15 is 0 Å². The van der Waals surface area contributed by atoms with Gasteiger partial charge in [-0.15, -0.1) is 0 Å². The molecule has 0 saturated carbocycles. The molecular formula is C15H20BrNO3. The lowest BCUT2D eigenvalue weighted by Crippen LogP contribution is -2.47. The molecule has 1 fully saturated rings. The van der Waals surface area contributed by atoms with E-state index in [2.05, 4.69) is 26.9 Å². The Morgan fingerprint density at radius 3 is 2.95 bits per heavy atom. The predicted octanol–water partition coefficient (Wildman–Crippen LogP) is 2.76. The number of hydrogen-bond donors (Lipinski definition) is 1. The van der Waals surface area contributed by atoms with Crippen LogP contribution in [0.2, 0.25) is 0 Å². The van der Waals surface area contributed by atoms with Crippen molar-refractivity contribution in [2.24, 2.45) is 5.41 Å². The zero-order chi connectivity index (χ0) is 14.6. The molecule has 1 aromatic carbocycles. The van der Waals surface area contributed by atoms with E-state index in [4.69, 9.17) is 4.74 Å². The predicted molar refractivity (Wildman–Crippen MR) is 80.6 cm³/mol. The molecule has 1 atom stereocenters. The monoisotopic (exact) mass is 341 g/mol. The second kappa shape index (κ2) is 6.70. The molecule has 4 nitrogen and oxygen atoms in total. The average Bonchev–Trinajstić information content (AvgIpc) is 2.39. The van der Waals surface area contributed by atoms with Gasteiger partial charge in [-0.2, -0.15) is 0 Å². The quantitative estimate of drug-likeness (QED) is 0.894. The van der Waals surface area contributed by atoms with Gasteiger partial charge < -0.3 is 14.7 Å².